The molecule has 3 aromatic carbocycles. The molecule has 0 bridgehead atoms. The molecule has 2 amide bonds. The van der Waals surface area contributed by atoms with Gasteiger partial charge in [0.2, 0.25) is 0 Å². The Hall–Kier alpha value is -3.71. The predicted molar refractivity (Wildman–Crippen MR) is 114 cm³/mol. The van der Waals surface area contributed by atoms with E-state index in [2.05, 4.69) is 4.98 Å². The normalized spacial score (nSPS) is 13.6. The summed E-state index contributed by atoms with van der Waals surface area (Å²) in [7, 11) is 1.63. The van der Waals surface area contributed by atoms with Gasteiger partial charge in [-0.3, -0.25) is 14.2 Å². The molecule has 0 aliphatic carbocycles. The van der Waals surface area contributed by atoms with Gasteiger partial charge < -0.3 is 10.1 Å². The lowest BCUT2D eigenvalue weighted by Gasteiger charge is -2.28. The van der Waals surface area contributed by atoms with Crippen LogP contribution in [0.4, 0.5) is 5.69 Å². The van der Waals surface area contributed by atoms with Crippen LogP contribution in [0.25, 0.3) is 21.8 Å². The molecular formula is C23H19N3O4. The number of amides is 2. The standard InChI is InChI=1S/C23H19N3O4/c1-25-19-12-14(8-10-18(19)24-23(25)30)26-21(28)16-6-2-5-15-13(4-3-11-27)7-9-17(20(15)16)22(26)29/h2,5-10,12,27H,3-4,11H2,1H3,(H,24,30). The Morgan fingerprint density at radius 3 is 2.50 bits per heavy atom. The lowest BCUT2D eigenvalue weighted by molar-refractivity contribution is 0.0893. The summed E-state index contributed by atoms with van der Waals surface area (Å²) in [6, 6.07) is 14.1. The molecule has 1 aromatic heterocycles. The van der Waals surface area contributed by atoms with Gasteiger partial charge in [0, 0.05) is 30.2 Å². The van der Waals surface area contributed by atoms with Gasteiger partial charge in [0.05, 0.1) is 16.7 Å². The fourth-order valence-electron chi connectivity index (χ4n) is 4.23. The number of aryl methyl sites for hydroxylation is 2. The summed E-state index contributed by atoms with van der Waals surface area (Å²) in [4.78, 5) is 42.5. The van der Waals surface area contributed by atoms with Gasteiger partial charge in [-0.15, -0.1) is 0 Å². The summed E-state index contributed by atoms with van der Waals surface area (Å²) in [5.74, 6) is -0.783. The van der Waals surface area contributed by atoms with Gasteiger partial charge in [-0.2, -0.15) is 0 Å². The number of carbonyl (C=O) groups excluding carboxylic acids is 2. The minimum Gasteiger partial charge on any atom is -0.396 e. The van der Waals surface area contributed by atoms with Crippen LogP contribution in [0, 0.1) is 0 Å². The SMILES string of the molecule is Cn1c(=O)[nH]c2ccc(N3C(=O)c4cccc5c(CCCO)ccc(c45)C3=O)cc21. The van der Waals surface area contributed by atoms with E-state index in [9.17, 15) is 14.4 Å². The molecule has 4 aromatic rings. The molecule has 150 valence electrons. The maximum atomic E-state index is 13.4. The minimum atomic E-state index is -0.391. The molecule has 1 aliphatic heterocycles. The number of imidazole rings is 1. The molecule has 5 rings (SSSR count). The maximum absolute atomic E-state index is 13.4. The van der Waals surface area contributed by atoms with E-state index in [1.54, 1.807) is 37.4 Å². The Balaban J connectivity index is 1.69. The van der Waals surface area contributed by atoms with Gasteiger partial charge >= 0.3 is 5.69 Å². The van der Waals surface area contributed by atoms with Crippen LogP contribution >= 0.6 is 0 Å². The summed E-state index contributed by atoms with van der Waals surface area (Å²) in [5.41, 5.74) is 3.35. The van der Waals surface area contributed by atoms with E-state index < -0.39 is 11.8 Å². The Bertz CT molecular complexity index is 1390. The first-order chi connectivity index (χ1) is 14.5. The third-order valence-corrected chi connectivity index (χ3v) is 5.75. The van der Waals surface area contributed by atoms with E-state index >= 15 is 0 Å². The number of nitrogens with one attached hydrogen (secondary N) is 1. The van der Waals surface area contributed by atoms with E-state index in [0.717, 1.165) is 10.9 Å². The van der Waals surface area contributed by atoms with Crippen LogP contribution in [0.3, 0.4) is 0 Å². The van der Waals surface area contributed by atoms with E-state index in [1.807, 2.05) is 18.2 Å². The summed E-state index contributed by atoms with van der Waals surface area (Å²) in [5, 5.41) is 10.7. The second kappa shape index (κ2) is 6.67. The first-order valence-corrected chi connectivity index (χ1v) is 9.74. The van der Waals surface area contributed by atoms with Crippen LogP contribution in [0.1, 0.15) is 32.7 Å². The molecule has 30 heavy (non-hydrogen) atoms. The van der Waals surface area contributed by atoms with Crippen molar-refractivity contribution >= 4 is 39.3 Å². The number of aliphatic hydroxyl groups is 1. The van der Waals surface area contributed by atoms with Crippen LogP contribution < -0.4 is 10.6 Å². The third kappa shape index (κ3) is 2.52. The molecule has 0 spiro atoms. The molecule has 7 nitrogen and oxygen atoms in total. The fraction of sp³-hybridized carbons (Fsp3) is 0.174. The van der Waals surface area contributed by atoms with Crippen LogP contribution in [-0.2, 0) is 13.5 Å². The maximum Gasteiger partial charge on any atom is 0.326 e. The van der Waals surface area contributed by atoms with Crippen LogP contribution in [0.5, 0.6) is 0 Å². The van der Waals surface area contributed by atoms with E-state index in [1.165, 1.54) is 9.47 Å². The molecule has 1 aliphatic rings. The van der Waals surface area contributed by atoms with Crippen LogP contribution in [-0.4, -0.2) is 33.1 Å². The Kier molecular flexibility index (Phi) is 4.08. The number of aromatic amines is 1. The monoisotopic (exact) mass is 401 g/mol. The van der Waals surface area contributed by atoms with Crippen molar-refractivity contribution in [3.05, 3.63) is 75.7 Å². The van der Waals surface area contributed by atoms with Crippen LogP contribution in [0.15, 0.2) is 53.3 Å². The smallest absolute Gasteiger partial charge is 0.326 e. The number of anilines is 1. The number of H-pyrrole nitrogens is 1. The lowest BCUT2D eigenvalue weighted by atomic mass is 9.90. The number of aromatic nitrogens is 2. The second-order valence-electron chi connectivity index (χ2n) is 7.46. The van der Waals surface area contributed by atoms with Crippen molar-refractivity contribution in [2.75, 3.05) is 11.5 Å². The van der Waals surface area contributed by atoms with Crippen molar-refractivity contribution < 1.29 is 14.7 Å². The predicted octanol–water partition coefficient (Wildman–Crippen LogP) is 2.75. The third-order valence-electron chi connectivity index (χ3n) is 5.75. The van der Waals surface area contributed by atoms with Gasteiger partial charge in [0.1, 0.15) is 0 Å². The first kappa shape index (κ1) is 18.3. The molecule has 0 saturated heterocycles. The van der Waals surface area contributed by atoms with Crippen LogP contribution in [0.2, 0.25) is 0 Å². The van der Waals surface area contributed by atoms with E-state index in [0.29, 0.717) is 46.1 Å². The zero-order valence-corrected chi connectivity index (χ0v) is 16.3. The Morgan fingerprint density at radius 2 is 1.73 bits per heavy atom. The largest absolute Gasteiger partial charge is 0.396 e. The number of imide groups is 1. The molecule has 0 radical (unpaired) electrons. The van der Waals surface area contributed by atoms with E-state index in [-0.39, 0.29) is 12.3 Å². The summed E-state index contributed by atoms with van der Waals surface area (Å²) < 4.78 is 1.44. The molecule has 0 atom stereocenters. The van der Waals surface area contributed by atoms with Crippen molar-refractivity contribution in [2.45, 2.75) is 12.8 Å². The number of rotatable bonds is 4. The summed E-state index contributed by atoms with van der Waals surface area (Å²) in [6.45, 7) is 0.0821. The number of aliphatic hydroxyl groups excluding tert-OH is 1. The minimum absolute atomic E-state index is 0.0821. The van der Waals surface area contributed by atoms with E-state index in [4.69, 9.17) is 5.11 Å². The Morgan fingerprint density at radius 1 is 0.967 bits per heavy atom. The highest BCUT2D eigenvalue weighted by Crippen LogP contribution is 2.35. The molecule has 2 N–H and O–H groups in total. The van der Waals surface area contributed by atoms with Gasteiger partial charge in [0.25, 0.3) is 11.8 Å². The van der Waals surface area contributed by atoms with Crippen molar-refractivity contribution in [1.82, 2.24) is 9.55 Å². The van der Waals surface area contributed by atoms with Crippen molar-refractivity contribution in [2.24, 2.45) is 7.05 Å². The molecule has 0 fully saturated rings. The number of hydrogen-bond donors (Lipinski definition) is 2. The van der Waals surface area contributed by atoms with Gasteiger partial charge in [-0.25, -0.2) is 9.69 Å². The highest BCUT2D eigenvalue weighted by molar-refractivity contribution is 6.36. The zero-order valence-electron chi connectivity index (χ0n) is 16.3. The number of hydrogen-bond acceptors (Lipinski definition) is 4. The summed E-state index contributed by atoms with van der Waals surface area (Å²) in [6.07, 6.45) is 1.28. The zero-order chi connectivity index (χ0) is 21.0. The molecule has 0 saturated carbocycles. The number of carbonyl (C=O) groups is 2. The average molecular weight is 401 g/mol. The molecule has 0 unspecified atom stereocenters. The quantitative estimate of drug-likeness (QED) is 0.514. The second-order valence-corrected chi connectivity index (χ2v) is 7.46. The van der Waals surface area contributed by atoms with Gasteiger partial charge in [-0.05, 0) is 54.1 Å². The van der Waals surface area contributed by atoms with Gasteiger partial charge in [-0.1, -0.05) is 18.2 Å². The number of fused-ring (bicyclic) bond motifs is 1. The highest BCUT2D eigenvalue weighted by atomic mass is 16.3. The summed E-state index contributed by atoms with van der Waals surface area (Å²) >= 11 is 0. The fourth-order valence-corrected chi connectivity index (χ4v) is 4.23. The Labute approximate surface area is 171 Å². The van der Waals surface area contributed by atoms with Crippen molar-refractivity contribution in [1.29, 1.82) is 0 Å². The molecule has 2 heterocycles. The number of benzene rings is 3. The van der Waals surface area contributed by atoms with Crippen molar-refractivity contribution in [3.8, 4) is 0 Å². The average Bonchev–Trinajstić information content (AvgIpc) is 3.04. The van der Waals surface area contributed by atoms with Crippen molar-refractivity contribution in [3.63, 3.8) is 0 Å². The highest BCUT2D eigenvalue weighted by Gasteiger charge is 2.34. The molecule has 7 heteroatoms. The number of nitrogens with zero attached hydrogens (tertiary/aromatic N) is 2. The van der Waals surface area contributed by atoms with Gasteiger partial charge in [0.15, 0.2) is 0 Å². The molecular weight excluding hydrogens is 382 g/mol. The lowest BCUT2D eigenvalue weighted by Crippen LogP contribution is -2.40. The topological polar surface area (TPSA) is 95.4 Å². The first-order valence-electron chi connectivity index (χ1n) is 9.74.